The fourth-order valence-corrected chi connectivity index (χ4v) is 4.61. The van der Waals surface area contributed by atoms with Gasteiger partial charge in [-0.3, -0.25) is 14.2 Å². The van der Waals surface area contributed by atoms with E-state index in [-0.39, 0.29) is 11.5 Å². The lowest BCUT2D eigenvalue weighted by Crippen LogP contribution is -2.37. The summed E-state index contributed by atoms with van der Waals surface area (Å²) in [6.07, 6.45) is 3.33. The number of aromatic nitrogens is 2. The summed E-state index contributed by atoms with van der Waals surface area (Å²) in [7, 11) is 0. The molecular formula is C31H35N3O3. The van der Waals surface area contributed by atoms with E-state index in [1.165, 1.54) is 0 Å². The number of hydrogen-bond acceptors (Lipinski definition) is 4. The number of nitrogens with zero attached hydrogens (tertiary/aromatic N) is 3. The van der Waals surface area contributed by atoms with Crippen molar-refractivity contribution in [3.63, 3.8) is 0 Å². The average Bonchev–Trinajstić information content (AvgIpc) is 2.93. The first-order chi connectivity index (χ1) is 18.0. The number of carbonyl (C=O) groups excluding carboxylic acids is 1. The van der Waals surface area contributed by atoms with Crippen LogP contribution in [0, 0.1) is 0 Å². The highest BCUT2D eigenvalue weighted by Gasteiger charge is 2.27. The van der Waals surface area contributed by atoms with Crippen LogP contribution in [-0.2, 0) is 11.3 Å². The normalized spacial score (nSPS) is 11.9. The number of carbonyl (C=O) groups is 1. The van der Waals surface area contributed by atoms with Gasteiger partial charge in [-0.25, -0.2) is 4.98 Å². The Morgan fingerprint density at radius 1 is 0.946 bits per heavy atom. The maximum Gasteiger partial charge on any atom is 0.266 e. The Morgan fingerprint density at radius 2 is 1.65 bits per heavy atom. The molecule has 1 unspecified atom stereocenters. The summed E-state index contributed by atoms with van der Waals surface area (Å²) in [4.78, 5) is 34.3. The van der Waals surface area contributed by atoms with E-state index in [9.17, 15) is 9.59 Å². The van der Waals surface area contributed by atoms with Crippen LogP contribution in [0.4, 0.5) is 0 Å². The van der Waals surface area contributed by atoms with Gasteiger partial charge in [0, 0.05) is 13.0 Å². The third kappa shape index (κ3) is 5.91. The molecule has 0 saturated carbocycles. The first-order valence-corrected chi connectivity index (χ1v) is 13.1. The van der Waals surface area contributed by atoms with Crippen molar-refractivity contribution in [2.75, 3.05) is 6.61 Å². The van der Waals surface area contributed by atoms with E-state index in [1.807, 2.05) is 91.5 Å². The molecule has 1 amide bonds. The molecule has 3 aromatic carbocycles. The Morgan fingerprint density at radius 3 is 2.41 bits per heavy atom. The Kier molecular flexibility index (Phi) is 8.72. The molecule has 4 aromatic rings. The Labute approximate surface area is 218 Å². The zero-order valence-electron chi connectivity index (χ0n) is 21.9. The lowest BCUT2D eigenvalue weighted by atomic mass is 10.1. The Bertz CT molecular complexity index is 1400. The lowest BCUT2D eigenvalue weighted by molar-refractivity contribution is -0.134. The van der Waals surface area contributed by atoms with Gasteiger partial charge >= 0.3 is 0 Å². The monoisotopic (exact) mass is 497 g/mol. The van der Waals surface area contributed by atoms with Crippen molar-refractivity contribution in [3.8, 4) is 11.4 Å². The second-order valence-electron chi connectivity index (χ2n) is 9.17. The van der Waals surface area contributed by atoms with Crippen molar-refractivity contribution in [1.29, 1.82) is 0 Å². The second-order valence-corrected chi connectivity index (χ2v) is 9.17. The smallest absolute Gasteiger partial charge is 0.266 e. The lowest BCUT2D eigenvalue weighted by Gasteiger charge is -2.31. The molecule has 192 valence electrons. The number of para-hydroxylation sites is 3. The topological polar surface area (TPSA) is 64.4 Å². The van der Waals surface area contributed by atoms with E-state index < -0.39 is 6.04 Å². The third-order valence-electron chi connectivity index (χ3n) is 6.56. The van der Waals surface area contributed by atoms with Crippen LogP contribution in [0.15, 0.2) is 83.7 Å². The van der Waals surface area contributed by atoms with Crippen LogP contribution < -0.4 is 10.3 Å². The largest absolute Gasteiger partial charge is 0.492 e. The molecule has 0 saturated heterocycles. The second kappa shape index (κ2) is 12.3. The highest BCUT2D eigenvalue weighted by atomic mass is 16.5. The fraction of sp³-hybridized carbons (Fsp3) is 0.323. The zero-order valence-corrected chi connectivity index (χ0v) is 21.9. The summed E-state index contributed by atoms with van der Waals surface area (Å²) in [5.41, 5.74) is 2.07. The zero-order chi connectivity index (χ0) is 26.2. The van der Waals surface area contributed by atoms with Gasteiger partial charge in [0.05, 0.1) is 29.2 Å². The summed E-state index contributed by atoms with van der Waals surface area (Å²) < 4.78 is 7.51. The van der Waals surface area contributed by atoms with Crippen molar-refractivity contribution in [1.82, 2.24) is 14.5 Å². The molecule has 1 atom stereocenters. The molecule has 4 rings (SSSR count). The first-order valence-electron chi connectivity index (χ1n) is 13.1. The molecular weight excluding hydrogens is 462 g/mol. The summed E-state index contributed by atoms with van der Waals surface area (Å²) in [6.45, 7) is 6.90. The highest BCUT2D eigenvalue weighted by Crippen LogP contribution is 2.29. The number of amides is 1. The van der Waals surface area contributed by atoms with Gasteiger partial charge in [-0.2, -0.15) is 0 Å². The Hall–Kier alpha value is -3.93. The SMILES string of the molecule is CCCCCC(=O)N(Cc1ccccc1)C(C)c1nc2ccccc2c(=O)n1-c1ccccc1OCC. The van der Waals surface area contributed by atoms with Gasteiger partial charge < -0.3 is 9.64 Å². The molecule has 0 bridgehead atoms. The van der Waals surface area contributed by atoms with Gasteiger partial charge in [-0.15, -0.1) is 0 Å². The van der Waals surface area contributed by atoms with Crippen LogP contribution in [-0.4, -0.2) is 27.0 Å². The minimum absolute atomic E-state index is 0.0526. The van der Waals surface area contributed by atoms with Crippen LogP contribution in [0.2, 0.25) is 0 Å². The predicted molar refractivity (Wildman–Crippen MR) is 148 cm³/mol. The van der Waals surface area contributed by atoms with E-state index in [2.05, 4.69) is 6.92 Å². The molecule has 0 fully saturated rings. The van der Waals surface area contributed by atoms with Gasteiger partial charge in [0.25, 0.3) is 5.56 Å². The summed E-state index contributed by atoms with van der Waals surface area (Å²) in [6, 6.07) is 24.3. The van der Waals surface area contributed by atoms with Gasteiger partial charge in [0.1, 0.15) is 11.6 Å². The molecule has 1 heterocycles. The van der Waals surface area contributed by atoms with Gasteiger partial charge in [-0.1, -0.05) is 74.4 Å². The molecule has 0 aliphatic carbocycles. The van der Waals surface area contributed by atoms with Crippen molar-refractivity contribution in [2.24, 2.45) is 0 Å². The molecule has 6 heteroatoms. The van der Waals surface area contributed by atoms with Gasteiger partial charge in [-0.05, 0) is 50.1 Å². The summed E-state index contributed by atoms with van der Waals surface area (Å²) >= 11 is 0. The fourth-order valence-electron chi connectivity index (χ4n) is 4.61. The van der Waals surface area contributed by atoms with E-state index in [4.69, 9.17) is 9.72 Å². The van der Waals surface area contributed by atoms with E-state index >= 15 is 0 Å². The van der Waals surface area contributed by atoms with Crippen molar-refractivity contribution in [3.05, 3.63) is 101 Å². The van der Waals surface area contributed by atoms with Crippen molar-refractivity contribution in [2.45, 2.75) is 59.0 Å². The molecule has 0 radical (unpaired) electrons. The van der Waals surface area contributed by atoms with Crippen LogP contribution in [0.25, 0.3) is 16.6 Å². The maximum atomic E-state index is 13.9. The molecule has 0 aliphatic rings. The summed E-state index contributed by atoms with van der Waals surface area (Å²) in [5, 5.41) is 0.522. The Balaban J connectivity index is 1.88. The van der Waals surface area contributed by atoms with Crippen LogP contribution >= 0.6 is 0 Å². The van der Waals surface area contributed by atoms with Crippen LogP contribution in [0.1, 0.15) is 63.9 Å². The first kappa shape index (κ1) is 26.1. The number of hydrogen-bond donors (Lipinski definition) is 0. The molecule has 1 aromatic heterocycles. The molecule has 6 nitrogen and oxygen atoms in total. The highest BCUT2D eigenvalue weighted by molar-refractivity contribution is 5.79. The predicted octanol–water partition coefficient (Wildman–Crippen LogP) is 6.45. The molecule has 0 spiro atoms. The van der Waals surface area contributed by atoms with Crippen molar-refractivity contribution >= 4 is 16.8 Å². The van der Waals surface area contributed by atoms with Crippen LogP contribution in [0.3, 0.4) is 0 Å². The average molecular weight is 498 g/mol. The number of rotatable bonds is 11. The van der Waals surface area contributed by atoms with E-state index in [0.29, 0.717) is 47.7 Å². The van der Waals surface area contributed by atoms with Crippen molar-refractivity contribution < 1.29 is 9.53 Å². The van der Waals surface area contributed by atoms with E-state index in [1.54, 1.807) is 10.6 Å². The van der Waals surface area contributed by atoms with Gasteiger partial charge in [0.15, 0.2) is 0 Å². The van der Waals surface area contributed by atoms with Crippen LogP contribution in [0.5, 0.6) is 5.75 Å². The number of benzene rings is 3. The van der Waals surface area contributed by atoms with E-state index in [0.717, 1.165) is 24.8 Å². The molecule has 0 aliphatic heterocycles. The third-order valence-corrected chi connectivity index (χ3v) is 6.56. The quantitative estimate of drug-likeness (QED) is 0.223. The number of ether oxygens (including phenoxy) is 1. The minimum Gasteiger partial charge on any atom is -0.492 e. The number of unbranched alkanes of at least 4 members (excludes halogenated alkanes) is 2. The molecule has 37 heavy (non-hydrogen) atoms. The van der Waals surface area contributed by atoms with Gasteiger partial charge in [0.2, 0.25) is 5.91 Å². The standard InChI is InChI=1S/C31H35N3O3/c1-4-6-8-21-29(35)33(22-24-15-9-7-10-16-24)23(3)30-32-26-18-12-11-17-25(26)31(36)34(30)27-19-13-14-20-28(27)37-5-2/h7,9-20,23H,4-6,8,21-22H2,1-3H3. The number of fused-ring (bicyclic) bond motifs is 1. The maximum absolute atomic E-state index is 13.9. The summed E-state index contributed by atoms with van der Waals surface area (Å²) in [5.74, 6) is 1.16. The molecule has 0 N–H and O–H groups in total. The minimum atomic E-state index is -0.457.